The first-order chi connectivity index (χ1) is 10.0. The standard InChI is InChI=1S/C12H11BrN4O3S/c1-14-10-6-11(16-12(15-10)21-2)20-9-4-3-7(13)5-8(9)17(18)19/h3-6H,1-2H3,(H,14,15,16). The number of hydrogen-bond acceptors (Lipinski definition) is 7. The summed E-state index contributed by atoms with van der Waals surface area (Å²) in [5.74, 6) is 0.934. The van der Waals surface area contributed by atoms with E-state index in [9.17, 15) is 10.1 Å². The van der Waals surface area contributed by atoms with E-state index >= 15 is 0 Å². The number of ether oxygens (including phenoxy) is 1. The number of halogens is 1. The van der Waals surface area contributed by atoms with Gasteiger partial charge in [0.25, 0.3) is 0 Å². The Balaban J connectivity index is 2.40. The van der Waals surface area contributed by atoms with Crippen LogP contribution in [-0.2, 0) is 0 Å². The minimum absolute atomic E-state index is 0.121. The van der Waals surface area contributed by atoms with Crippen LogP contribution in [0.2, 0.25) is 0 Å². The number of nitrogens with zero attached hydrogens (tertiary/aromatic N) is 3. The van der Waals surface area contributed by atoms with Gasteiger partial charge in [0.1, 0.15) is 5.82 Å². The smallest absolute Gasteiger partial charge is 0.312 e. The van der Waals surface area contributed by atoms with Crippen molar-refractivity contribution in [3.8, 4) is 11.6 Å². The van der Waals surface area contributed by atoms with Gasteiger partial charge in [-0.15, -0.1) is 0 Å². The Kier molecular flexibility index (Phi) is 4.97. The maximum absolute atomic E-state index is 11.1. The van der Waals surface area contributed by atoms with E-state index in [0.29, 0.717) is 15.4 Å². The summed E-state index contributed by atoms with van der Waals surface area (Å²) < 4.78 is 6.15. The van der Waals surface area contributed by atoms with Gasteiger partial charge in [-0.25, -0.2) is 4.98 Å². The van der Waals surface area contributed by atoms with Gasteiger partial charge in [-0.3, -0.25) is 10.1 Å². The number of nitro groups is 1. The third kappa shape index (κ3) is 3.82. The third-order valence-corrected chi connectivity index (χ3v) is 3.49. The molecule has 110 valence electrons. The van der Waals surface area contributed by atoms with Crippen LogP contribution in [0.4, 0.5) is 11.5 Å². The molecule has 0 amide bonds. The highest BCUT2D eigenvalue weighted by Gasteiger charge is 2.17. The molecule has 0 radical (unpaired) electrons. The Morgan fingerprint density at radius 3 is 2.76 bits per heavy atom. The van der Waals surface area contributed by atoms with E-state index < -0.39 is 4.92 Å². The molecule has 9 heteroatoms. The van der Waals surface area contributed by atoms with Crippen molar-refractivity contribution in [3.05, 3.63) is 38.9 Å². The molecule has 0 aliphatic carbocycles. The monoisotopic (exact) mass is 370 g/mol. The quantitative estimate of drug-likeness (QED) is 0.371. The van der Waals surface area contributed by atoms with Gasteiger partial charge in [0.05, 0.1) is 4.92 Å². The highest BCUT2D eigenvalue weighted by molar-refractivity contribution is 9.10. The van der Waals surface area contributed by atoms with E-state index in [2.05, 4.69) is 31.2 Å². The molecule has 0 aliphatic heterocycles. The molecule has 1 heterocycles. The summed E-state index contributed by atoms with van der Waals surface area (Å²) >= 11 is 4.55. The van der Waals surface area contributed by atoms with Crippen LogP contribution < -0.4 is 10.1 Å². The van der Waals surface area contributed by atoms with Gasteiger partial charge in [-0.05, 0) is 18.4 Å². The number of rotatable bonds is 5. The van der Waals surface area contributed by atoms with Crippen molar-refractivity contribution in [1.29, 1.82) is 0 Å². The molecule has 0 saturated carbocycles. The van der Waals surface area contributed by atoms with Crippen LogP contribution in [0.5, 0.6) is 11.6 Å². The first-order valence-corrected chi connectivity index (χ1v) is 7.78. The van der Waals surface area contributed by atoms with Crippen LogP contribution in [0.15, 0.2) is 33.9 Å². The summed E-state index contributed by atoms with van der Waals surface area (Å²) in [5.41, 5.74) is -0.139. The predicted molar refractivity (Wildman–Crippen MR) is 84.2 cm³/mol. The van der Waals surface area contributed by atoms with Crippen LogP contribution in [0.3, 0.4) is 0 Å². The molecule has 0 unspecified atom stereocenters. The Morgan fingerprint density at radius 1 is 1.38 bits per heavy atom. The van der Waals surface area contributed by atoms with Crippen LogP contribution in [0.1, 0.15) is 0 Å². The van der Waals surface area contributed by atoms with Gasteiger partial charge in [0.2, 0.25) is 11.6 Å². The molecule has 0 spiro atoms. The molecular formula is C12H11BrN4O3S. The summed E-state index contributed by atoms with van der Waals surface area (Å²) in [4.78, 5) is 18.9. The molecule has 0 saturated heterocycles. The van der Waals surface area contributed by atoms with E-state index in [0.717, 1.165) is 0 Å². The largest absolute Gasteiger partial charge is 0.432 e. The van der Waals surface area contributed by atoms with E-state index in [1.165, 1.54) is 23.9 Å². The Labute approximate surface area is 133 Å². The van der Waals surface area contributed by atoms with Gasteiger partial charge < -0.3 is 10.1 Å². The molecule has 1 N–H and O–H groups in total. The average molecular weight is 371 g/mol. The minimum atomic E-state index is -0.504. The predicted octanol–water partition coefficient (Wildman–Crippen LogP) is 3.70. The number of nitro benzene ring substituents is 1. The lowest BCUT2D eigenvalue weighted by Crippen LogP contribution is -1.99. The topological polar surface area (TPSA) is 90.2 Å². The van der Waals surface area contributed by atoms with Crippen molar-refractivity contribution in [3.63, 3.8) is 0 Å². The van der Waals surface area contributed by atoms with Gasteiger partial charge in [0, 0.05) is 23.7 Å². The molecule has 21 heavy (non-hydrogen) atoms. The first-order valence-electron chi connectivity index (χ1n) is 5.76. The minimum Gasteiger partial charge on any atom is -0.432 e. The molecule has 0 atom stereocenters. The summed E-state index contributed by atoms with van der Waals surface area (Å²) in [6.45, 7) is 0. The summed E-state index contributed by atoms with van der Waals surface area (Å²) in [6.07, 6.45) is 1.83. The van der Waals surface area contributed by atoms with Crippen molar-refractivity contribution in [2.24, 2.45) is 0 Å². The average Bonchev–Trinajstić information content (AvgIpc) is 2.48. The summed E-state index contributed by atoms with van der Waals surface area (Å²) in [7, 11) is 1.72. The second-order valence-electron chi connectivity index (χ2n) is 3.80. The Hall–Kier alpha value is -1.87. The van der Waals surface area contributed by atoms with Crippen molar-refractivity contribution in [2.75, 3.05) is 18.6 Å². The van der Waals surface area contributed by atoms with Crippen molar-refractivity contribution >= 4 is 39.2 Å². The van der Waals surface area contributed by atoms with Crippen molar-refractivity contribution in [1.82, 2.24) is 9.97 Å². The number of aromatic nitrogens is 2. The second kappa shape index (κ2) is 6.72. The Bertz CT molecular complexity index is 661. The molecule has 0 aliphatic rings. The highest BCUT2D eigenvalue weighted by Crippen LogP contribution is 2.33. The van der Waals surface area contributed by atoms with Crippen LogP contribution in [0, 0.1) is 10.1 Å². The first kappa shape index (κ1) is 15.5. The fraction of sp³-hybridized carbons (Fsp3) is 0.167. The molecule has 7 nitrogen and oxygen atoms in total. The number of benzene rings is 1. The lowest BCUT2D eigenvalue weighted by Gasteiger charge is -2.08. The van der Waals surface area contributed by atoms with Crippen molar-refractivity contribution < 1.29 is 9.66 Å². The number of nitrogens with one attached hydrogen (secondary N) is 1. The summed E-state index contributed by atoms with van der Waals surface area (Å²) in [6, 6.07) is 6.14. The molecule has 1 aromatic heterocycles. The third-order valence-electron chi connectivity index (χ3n) is 2.45. The van der Waals surface area contributed by atoms with Gasteiger partial charge >= 0.3 is 5.69 Å². The maximum Gasteiger partial charge on any atom is 0.312 e. The molecule has 1 aromatic carbocycles. The molecule has 2 rings (SSSR count). The normalized spacial score (nSPS) is 10.2. The highest BCUT2D eigenvalue weighted by atomic mass is 79.9. The van der Waals surface area contributed by atoms with E-state index in [1.54, 1.807) is 19.2 Å². The fourth-order valence-corrected chi connectivity index (χ4v) is 2.23. The fourth-order valence-electron chi connectivity index (χ4n) is 1.51. The summed E-state index contributed by atoms with van der Waals surface area (Å²) in [5, 5.41) is 14.5. The lowest BCUT2D eigenvalue weighted by molar-refractivity contribution is -0.385. The van der Waals surface area contributed by atoms with Gasteiger partial charge in [-0.1, -0.05) is 27.7 Å². The van der Waals surface area contributed by atoms with Crippen LogP contribution in [0.25, 0.3) is 0 Å². The van der Waals surface area contributed by atoms with Crippen molar-refractivity contribution in [2.45, 2.75) is 5.16 Å². The van der Waals surface area contributed by atoms with Crippen LogP contribution in [-0.4, -0.2) is 28.2 Å². The zero-order valence-electron chi connectivity index (χ0n) is 11.2. The molecular weight excluding hydrogens is 360 g/mol. The lowest BCUT2D eigenvalue weighted by atomic mass is 10.3. The second-order valence-corrected chi connectivity index (χ2v) is 5.49. The molecule has 2 aromatic rings. The number of anilines is 1. The van der Waals surface area contributed by atoms with E-state index in [4.69, 9.17) is 4.74 Å². The molecule has 0 fully saturated rings. The SMILES string of the molecule is CNc1cc(Oc2ccc(Br)cc2[N+](=O)[O-])nc(SC)n1. The maximum atomic E-state index is 11.1. The van der Waals surface area contributed by atoms with E-state index in [-0.39, 0.29) is 17.3 Å². The zero-order chi connectivity index (χ0) is 15.4. The van der Waals surface area contributed by atoms with Gasteiger partial charge in [0.15, 0.2) is 5.16 Å². The number of thioether (sulfide) groups is 1. The van der Waals surface area contributed by atoms with Crippen LogP contribution >= 0.6 is 27.7 Å². The van der Waals surface area contributed by atoms with Gasteiger partial charge in [-0.2, -0.15) is 4.98 Å². The molecule has 0 bridgehead atoms. The zero-order valence-corrected chi connectivity index (χ0v) is 13.6. The van der Waals surface area contributed by atoms with E-state index in [1.807, 2.05) is 6.26 Å². The number of hydrogen-bond donors (Lipinski definition) is 1. The Morgan fingerprint density at radius 2 is 2.14 bits per heavy atom.